The third-order valence-electron chi connectivity index (χ3n) is 5.78. The second-order valence-corrected chi connectivity index (χ2v) is 8.24. The summed E-state index contributed by atoms with van der Waals surface area (Å²) >= 11 is 0. The van der Waals surface area contributed by atoms with E-state index in [1.54, 1.807) is 0 Å². The van der Waals surface area contributed by atoms with Crippen molar-refractivity contribution in [2.45, 2.75) is 44.6 Å². The summed E-state index contributed by atoms with van der Waals surface area (Å²) in [5, 5.41) is 18.0. The summed E-state index contributed by atoms with van der Waals surface area (Å²) in [6.07, 6.45) is 9.49. The number of benzene rings is 1. The molecule has 28 heavy (non-hydrogen) atoms. The highest BCUT2D eigenvalue weighted by Gasteiger charge is 2.32. The number of fused-ring (bicyclic) bond motifs is 1. The van der Waals surface area contributed by atoms with Crippen LogP contribution in [0.2, 0.25) is 0 Å². The van der Waals surface area contributed by atoms with Crippen molar-refractivity contribution < 1.29 is 5.11 Å². The first kappa shape index (κ1) is 18.8. The average Bonchev–Trinajstić information content (AvgIpc) is 3.06. The molecule has 1 aromatic carbocycles. The van der Waals surface area contributed by atoms with Gasteiger partial charge in [0.1, 0.15) is 0 Å². The molecule has 0 saturated carbocycles. The van der Waals surface area contributed by atoms with Crippen LogP contribution >= 0.6 is 0 Å². The van der Waals surface area contributed by atoms with E-state index in [0.717, 1.165) is 23.3 Å². The first-order chi connectivity index (χ1) is 13.4. The zero-order valence-corrected chi connectivity index (χ0v) is 16.8. The summed E-state index contributed by atoms with van der Waals surface area (Å²) in [5.41, 5.74) is 4.83. The van der Waals surface area contributed by atoms with Crippen LogP contribution in [0.5, 0.6) is 0 Å². The molecule has 5 nitrogen and oxygen atoms in total. The third kappa shape index (κ3) is 3.36. The van der Waals surface area contributed by atoms with E-state index in [9.17, 15) is 5.11 Å². The number of hydrogen-bond acceptors (Lipinski definition) is 4. The van der Waals surface area contributed by atoms with Crippen LogP contribution in [0.1, 0.15) is 49.6 Å². The van der Waals surface area contributed by atoms with Gasteiger partial charge in [0.2, 0.25) is 0 Å². The second-order valence-electron chi connectivity index (χ2n) is 8.24. The Hall–Kier alpha value is -2.50. The smallest absolute Gasteiger partial charge is 0.159 e. The molecule has 4 rings (SSSR count). The predicted octanol–water partition coefficient (Wildman–Crippen LogP) is 3.36. The van der Waals surface area contributed by atoms with Crippen LogP contribution in [0.4, 0.5) is 0 Å². The van der Waals surface area contributed by atoms with Crippen molar-refractivity contribution in [3.63, 3.8) is 0 Å². The van der Waals surface area contributed by atoms with E-state index in [4.69, 9.17) is 5.10 Å². The van der Waals surface area contributed by atoms with Gasteiger partial charge in [-0.25, -0.2) is 9.50 Å². The molecule has 1 aliphatic heterocycles. The Labute approximate surface area is 166 Å². The van der Waals surface area contributed by atoms with Crippen LogP contribution in [-0.2, 0) is 11.8 Å². The van der Waals surface area contributed by atoms with E-state index >= 15 is 0 Å². The number of aromatic nitrogens is 3. The lowest BCUT2D eigenvalue weighted by molar-refractivity contribution is -0.00644. The molecule has 5 heteroatoms. The Morgan fingerprint density at radius 2 is 2.00 bits per heavy atom. The van der Waals surface area contributed by atoms with Gasteiger partial charge in [-0.05, 0) is 30.0 Å². The molecule has 3 heterocycles. The highest BCUT2D eigenvalue weighted by atomic mass is 16.3. The maximum Gasteiger partial charge on any atom is 0.159 e. The first-order valence-electron chi connectivity index (χ1n) is 9.96. The molecule has 2 N–H and O–H groups in total. The van der Waals surface area contributed by atoms with Crippen molar-refractivity contribution in [2.75, 3.05) is 13.1 Å². The minimum Gasteiger partial charge on any atom is -0.387 e. The topological polar surface area (TPSA) is 62.5 Å². The molecule has 1 aliphatic rings. The van der Waals surface area contributed by atoms with E-state index in [0.29, 0.717) is 19.5 Å². The van der Waals surface area contributed by atoms with Gasteiger partial charge in [-0.2, -0.15) is 5.10 Å². The standard InChI is InChI=1S/C23H28N4O/c1-4-19-20(21-25-13-6-14-27(21)26-19)22(2,3)18-10-8-17(9-11-18)7-5-12-23(28)15-24-16-23/h5-11,13-14,24,28H,4,12,15-16H2,1-3H3/b7-5+. The average molecular weight is 377 g/mol. The van der Waals surface area contributed by atoms with Crippen LogP contribution in [0, 0.1) is 0 Å². The van der Waals surface area contributed by atoms with Gasteiger partial charge >= 0.3 is 0 Å². The number of nitrogens with zero attached hydrogens (tertiary/aromatic N) is 3. The summed E-state index contributed by atoms with van der Waals surface area (Å²) in [6, 6.07) is 10.6. The summed E-state index contributed by atoms with van der Waals surface area (Å²) < 4.78 is 1.88. The quantitative estimate of drug-likeness (QED) is 0.693. The lowest BCUT2D eigenvalue weighted by atomic mass is 9.77. The molecule has 2 aromatic heterocycles. The van der Waals surface area contributed by atoms with Gasteiger partial charge in [0.05, 0.1) is 11.3 Å². The summed E-state index contributed by atoms with van der Waals surface area (Å²) in [6.45, 7) is 7.97. The molecule has 0 radical (unpaired) electrons. The zero-order chi connectivity index (χ0) is 19.8. The molecule has 0 atom stereocenters. The third-order valence-corrected chi connectivity index (χ3v) is 5.78. The van der Waals surface area contributed by atoms with Gasteiger partial charge in [0, 0.05) is 36.5 Å². The van der Waals surface area contributed by atoms with Crippen molar-refractivity contribution >= 4 is 11.7 Å². The number of β-amino-alcohol motifs (C(OH)–C–C–N with tert-alkyl or cyclic N) is 1. The number of aryl methyl sites for hydroxylation is 1. The molecule has 0 aliphatic carbocycles. The lowest BCUT2D eigenvalue weighted by Gasteiger charge is -2.36. The van der Waals surface area contributed by atoms with Gasteiger partial charge in [-0.1, -0.05) is 57.2 Å². The number of hydrogen-bond donors (Lipinski definition) is 2. The highest BCUT2D eigenvalue weighted by molar-refractivity contribution is 5.59. The SMILES string of the molecule is CCc1nn2cccnc2c1C(C)(C)c1ccc(/C=C/CC2(O)CNC2)cc1. The molecule has 1 saturated heterocycles. The molecule has 0 bridgehead atoms. The largest absolute Gasteiger partial charge is 0.387 e. The van der Waals surface area contributed by atoms with Gasteiger partial charge in [-0.15, -0.1) is 0 Å². The minimum absolute atomic E-state index is 0.198. The fourth-order valence-electron chi connectivity index (χ4n) is 3.95. The highest BCUT2D eigenvalue weighted by Crippen LogP contribution is 2.36. The first-order valence-corrected chi connectivity index (χ1v) is 9.96. The number of nitrogens with one attached hydrogen (secondary N) is 1. The van der Waals surface area contributed by atoms with Gasteiger partial charge in [-0.3, -0.25) is 0 Å². The van der Waals surface area contributed by atoms with Gasteiger partial charge in [0.15, 0.2) is 5.65 Å². The molecule has 3 aromatic rings. The predicted molar refractivity (Wildman–Crippen MR) is 112 cm³/mol. The molecule has 0 amide bonds. The Morgan fingerprint density at radius 1 is 1.25 bits per heavy atom. The van der Waals surface area contributed by atoms with E-state index in [1.165, 1.54) is 11.1 Å². The van der Waals surface area contributed by atoms with Crippen molar-refractivity contribution in [1.82, 2.24) is 19.9 Å². The Bertz CT molecular complexity index is 997. The summed E-state index contributed by atoms with van der Waals surface area (Å²) in [5.74, 6) is 0. The zero-order valence-electron chi connectivity index (χ0n) is 16.8. The van der Waals surface area contributed by atoms with Crippen LogP contribution in [0.15, 0.2) is 48.8 Å². The molecular formula is C23H28N4O. The maximum atomic E-state index is 10.2. The number of rotatable bonds is 6. The normalized spacial score (nSPS) is 16.6. The van der Waals surface area contributed by atoms with E-state index in [2.05, 4.69) is 67.5 Å². The van der Waals surface area contributed by atoms with Crippen molar-refractivity contribution in [2.24, 2.45) is 0 Å². The summed E-state index contributed by atoms with van der Waals surface area (Å²) in [7, 11) is 0. The fraction of sp³-hybridized carbons (Fsp3) is 0.391. The minimum atomic E-state index is -0.564. The second kappa shape index (κ2) is 7.15. The van der Waals surface area contributed by atoms with Gasteiger partial charge in [0.25, 0.3) is 0 Å². The van der Waals surface area contributed by atoms with Crippen LogP contribution in [-0.4, -0.2) is 38.4 Å². The molecule has 1 fully saturated rings. The van der Waals surface area contributed by atoms with Crippen molar-refractivity contribution in [3.8, 4) is 0 Å². The van der Waals surface area contributed by atoms with Crippen LogP contribution in [0.3, 0.4) is 0 Å². The monoisotopic (exact) mass is 376 g/mol. The Balaban J connectivity index is 1.60. The van der Waals surface area contributed by atoms with Crippen molar-refractivity contribution in [1.29, 1.82) is 0 Å². The maximum absolute atomic E-state index is 10.2. The lowest BCUT2D eigenvalue weighted by Crippen LogP contribution is -2.59. The van der Waals surface area contributed by atoms with Gasteiger partial charge < -0.3 is 10.4 Å². The van der Waals surface area contributed by atoms with Crippen molar-refractivity contribution in [3.05, 3.63) is 71.2 Å². The van der Waals surface area contributed by atoms with E-state index in [1.807, 2.05) is 23.0 Å². The molecular weight excluding hydrogens is 348 g/mol. The summed E-state index contributed by atoms with van der Waals surface area (Å²) in [4.78, 5) is 4.60. The van der Waals surface area contributed by atoms with E-state index < -0.39 is 5.60 Å². The number of aliphatic hydroxyl groups is 1. The molecule has 0 spiro atoms. The van der Waals surface area contributed by atoms with Crippen LogP contribution in [0.25, 0.3) is 11.7 Å². The van der Waals surface area contributed by atoms with Crippen LogP contribution < -0.4 is 5.32 Å². The Kier molecular flexibility index (Phi) is 4.81. The molecule has 146 valence electrons. The Morgan fingerprint density at radius 3 is 2.64 bits per heavy atom. The van der Waals surface area contributed by atoms with E-state index in [-0.39, 0.29) is 5.41 Å². The molecule has 0 unspecified atom stereocenters. The fourth-order valence-corrected chi connectivity index (χ4v) is 3.95.